The highest BCUT2D eigenvalue weighted by molar-refractivity contribution is 6.30. The number of Topliss-reactive ketones (excluding diaryl/α,β-unsaturated/α-hetero) is 1. The zero-order valence-corrected chi connectivity index (χ0v) is 13.7. The van der Waals surface area contributed by atoms with Gasteiger partial charge in [-0.1, -0.05) is 23.7 Å². The molecule has 120 valence electrons. The van der Waals surface area contributed by atoms with Crippen molar-refractivity contribution in [3.63, 3.8) is 0 Å². The molecule has 0 bridgehead atoms. The summed E-state index contributed by atoms with van der Waals surface area (Å²) < 4.78 is 14.8. The van der Waals surface area contributed by atoms with E-state index >= 15 is 0 Å². The van der Waals surface area contributed by atoms with Gasteiger partial charge < -0.3 is 0 Å². The molecule has 1 aromatic heterocycles. The molecule has 0 amide bonds. The number of ketones is 1. The van der Waals surface area contributed by atoms with E-state index < -0.39 is 0 Å². The predicted molar refractivity (Wildman–Crippen MR) is 92.4 cm³/mol. The summed E-state index contributed by atoms with van der Waals surface area (Å²) in [4.78, 5) is 12.1. The third kappa shape index (κ3) is 4.06. The molecule has 0 aliphatic carbocycles. The average Bonchev–Trinajstić information content (AvgIpc) is 2.61. The van der Waals surface area contributed by atoms with E-state index in [1.807, 2.05) is 53.4 Å². The van der Waals surface area contributed by atoms with Crippen molar-refractivity contribution >= 4 is 17.4 Å². The lowest BCUT2D eigenvalue weighted by Crippen LogP contribution is -2.33. The van der Waals surface area contributed by atoms with Gasteiger partial charge in [-0.15, -0.1) is 0 Å². The van der Waals surface area contributed by atoms with Crippen LogP contribution >= 0.6 is 11.6 Å². The standard InChI is InChI=1S/C20H16ClFNO/c21-18-5-1-15(2-6-18)16-9-12-23(13-10-16)14-11-20(24)17-3-7-19(22)8-4-17/h1-10,12-13H,11,14H2/q+1. The maximum absolute atomic E-state index is 12.9. The zero-order valence-electron chi connectivity index (χ0n) is 13.0. The first-order valence-corrected chi connectivity index (χ1v) is 8.03. The number of aromatic nitrogens is 1. The number of halogens is 2. The second-order valence-electron chi connectivity index (χ2n) is 5.51. The van der Waals surface area contributed by atoms with Crippen LogP contribution < -0.4 is 4.57 Å². The minimum absolute atomic E-state index is 0.00396. The Morgan fingerprint density at radius 1 is 0.875 bits per heavy atom. The van der Waals surface area contributed by atoms with Crippen molar-refractivity contribution in [1.82, 2.24) is 0 Å². The van der Waals surface area contributed by atoms with Gasteiger partial charge in [0.1, 0.15) is 5.82 Å². The normalized spacial score (nSPS) is 10.6. The van der Waals surface area contributed by atoms with Crippen LogP contribution in [0.2, 0.25) is 5.02 Å². The summed E-state index contributed by atoms with van der Waals surface area (Å²) in [6, 6.07) is 17.3. The summed E-state index contributed by atoms with van der Waals surface area (Å²) in [5.74, 6) is -0.331. The summed E-state index contributed by atoms with van der Waals surface area (Å²) in [6.07, 6.45) is 4.26. The lowest BCUT2D eigenvalue weighted by Gasteiger charge is -2.02. The number of rotatable bonds is 5. The van der Waals surface area contributed by atoms with Gasteiger partial charge in [-0.3, -0.25) is 4.79 Å². The first kappa shape index (κ1) is 16.3. The molecular weight excluding hydrogens is 325 g/mol. The predicted octanol–water partition coefficient (Wildman–Crippen LogP) is 4.71. The molecular formula is C20H16ClFNO+. The SMILES string of the molecule is O=C(CC[n+]1ccc(-c2ccc(Cl)cc2)cc1)c1ccc(F)cc1. The quantitative estimate of drug-likeness (QED) is 0.487. The molecule has 3 aromatic rings. The van der Waals surface area contributed by atoms with Crippen molar-refractivity contribution in [3.05, 3.63) is 89.5 Å². The first-order chi connectivity index (χ1) is 11.6. The fourth-order valence-corrected chi connectivity index (χ4v) is 2.58. The molecule has 4 heteroatoms. The second-order valence-corrected chi connectivity index (χ2v) is 5.95. The van der Waals surface area contributed by atoms with Crippen LogP contribution in [0.1, 0.15) is 16.8 Å². The lowest BCUT2D eigenvalue weighted by molar-refractivity contribution is -0.695. The number of carbonyl (C=O) groups excluding carboxylic acids is 1. The van der Waals surface area contributed by atoms with Crippen LogP contribution in [0.3, 0.4) is 0 Å². The highest BCUT2D eigenvalue weighted by Gasteiger charge is 2.10. The fourth-order valence-electron chi connectivity index (χ4n) is 2.45. The van der Waals surface area contributed by atoms with E-state index in [1.165, 1.54) is 24.3 Å². The summed E-state index contributed by atoms with van der Waals surface area (Å²) in [5, 5.41) is 0.712. The Hall–Kier alpha value is -2.52. The van der Waals surface area contributed by atoms with Gasteiger partial charge in [-0.25, -0.2) is 8.96 Å². The molecule has 0 radical (unpaired) electrons. The van der Waals surface area contributed by atoms with E-state index in [2.05, 4.69) is 0 Å². The van der Waals surface area contributed by atoms with Crippen LogP contribution in [0, 0.1) is 5.82 Å². The average molecular weight is 341 g/mol. The molecule has 3 rings (SSSR count). The van der Waals surface area contributed by atoms with Crippen molar-refractivity contribution in [3.8, 4) is 11.1 Å². The van der Waals surface area contributed by atoms with Crippen LogP contribution in [-0.2, 0) is 6.54 Å². The summed E-state index contributed by atoms with van der Waals surface area (Å²) >= 11 is 5.90. The van der Waals surface area contributed by atoms with Gasteiger partial charge in [0.2, 0.25) is 0 Å². The summed E-state index contributed by atoms with van der Waals surface area (Å²) in [7, 11) is 0. The van der Waals surface area contributed by atoms with Crippen molar-refractivity contribution in [2.45, 2.75) is 13.0 Å². The lowest BCUT2D eigenvalue weighted by atomic mass is 10.1. The van der Waals surface area contributed by atoms with Crippen LogP contribution in [0.5, 0.6) is 0 Å². The molecule has 24 heavy (non-hydrogen) atoms. The first-order valence-electron chi connectivity index (χ1n) is 7.66. The van der Waals surface area contributed by atoms with Crippen molar-refractivity contribution in [2.24, 2.45) is 0 Å². The Morgan fingerprint density at radius 2 is 1.46 bits per heavy atom. The van der Waals surface area contributed by atoms with Crippen molar-refractivity contribution in [1.29, 1.82) is 0 Å². The monoisotopic (exact) mass is 340 g/mol. The summed E-state index contributed by atoms with van der Waals surface area (Å²) in [5.41, 5.74) is 2.72. The van der Waals surface area contributed by atoms with Crippen LogP contribution in [0.4, 0.5) is 4.39 Å². The maximum atomic E-state index is 12.9. The van der Waals surface area contributed by atoms with Crippen molar-refractivity contribution in [2.75, 3.05) is 0 Å². The maximum Gasteiger partial charge on any atom is 0.169 e. The minimum Gasteiger partial charge on any atom is -0.294 e. The molecule has 0 fully saturated rings. The molecule has 0 unspecified atom stereocenters. The van der Waals surface area contributed by atoms with Crippen LogP contribution in [0.15, 0.2) is 73.1 Å². The van der Waals surface area contributed by atoms with E-state index in [0.29, 0.717) is 23.6 Å². The smallest absolute Gasteiger partial charge is 0.169 e. The Kier molecular flexibility index (Phi) is 5.02. The molecule has 0 spiro atoms. The molecule has 1 heterocycles. The second kappa shape index (κ2) is 7.37. The van der Waals surface area contributed by atoms with E-state index in [9.17, 15) is 9.18 Å². The number of hydrogen-bond acceptors (Lipinski definition) is 1. The summed E-state index contributed by atoms with van der Waals surface area (Å²) in [6.45, 7) is 0.580. The number of benzene rings is 2. The largest absolute Gasteiger partial charge is 0.294 e. The third-order valence-corrected chi connectivity index (χ3v) is 4.08. The zero-order chi connectivity index (χ0) is 16.9. The number of pyridine rings is 1. The fraction of sp³-hybridized carbons (Fsp3) is 0.100. The number of nitrogens with zero attached hydrogens (tertiary/aromatic N) is 1. The van der Waals surface area contributed by atoms with Crippen molar-refractivity contribution < 1.29 is 13.8 Å². The van der Waals surface area contributed by atoms with Gasteiger partial charge in [0.15, 0.2) is 24.7 Å². The van der Waals surface area contributed by atoms with Crippen LogP contribution in [0.25, 0.3) is 11.1 Å². The van der Waals surface area contributed by atoms with Gasteiger partial charge in [-0.05, 0) is 47.5 Å². The highest BCUT2D eigenvalue weighted by Crippen LogP contribution is 2.20. The molecule has 2 aromatic carbocycles. The van der Waals surface area contributed by atoms with E-state index in [0.717, 1.165) is 11.1 Å². The third-order valence-electron chi connectivity index (χ3n) is 3.83. The number of aryl methyl sites for hydroxylation is 1. The van der Waals surface area contributed by atoms with E-state index in [1.54, 1.807) is 0 Å². The van der Waals surface area contributed by atoms with Gasteiger partial charge in [0.05, 0.1) is 6.42 Å². The van der Waals surface area contributed by atoms with Gasteiger partial charge in [0.25, 0.3) is 0 Å². The van der Waals surface area contributed by atoms with Crippen LogP contribution in [-0.4, -0.2) is 5.78 Å². The Labute approximate surface area is 145 Å². The molecule has 0 N–H and O–H groups in total. The molecule has 2 nitrogen and oxygen atoms in total. The molecule has 0 saturated heterocycles. The van der Waals surface area contributed by atoms with E-state index in [-0.39, 0.29) is 11.6 Å². The van der Waals surface area contributed by atoms with Gasteiger partial charge >= 0.3 is 0 Å². The highest BCUT2D eigenvalue weighted by atomic mass is 35.5. The molecule has 0 saturated carbocycles. The molecule has 0 aliphatic rings. The van der Waals surface area contributed by atoms with E-state index in [4.69, 9.17) is 11.6 Å². The topological polar surface area (TPSA) is 20.9 Å². The number of carbonyl (C=O) groups is 1. The molecule has 0 aliphatic heterocycles. The minimum atomic E-state index is -0.335. The number of hydrogen-bond donors (Lipinski definition) is 0. The molecule has 0 atom stereocenters. The Bertz CT molecular complexity index is 827. The Balaban J connectivity index is 1.63. The van der Waals surface area contributed by atoms with Gasteiger partial charge in [-0.2, -0.15) is 0 Å². The van der Waals surface area contributed by atoms with Gasteiger partial charge in [0, 0.05) is 22.7 Å². The Morgan fingerprint density at radius 3 is 2.08 bits per heavy atom.